The van der Waals surface area contributed by atoms with Crippen LogP contribution in [0.25, 0.3) is 0 Å². The van der Waals surface area contributed by atoms with E-state index in [1.807, 2.05) is 18.2 Å². The van der Waals surface area contributed by atoms with Crippen LogP contribution >= 0.6 is 0 Å². The summed E-state index contributed by atoms with van der Waals surface area (Å²) in [5.74, 6) is 0.302. The number of hydrazone groups is 1. The number of nitro benzene ring substituents is 1. The average molecular weight is 413 g/mol. The van der Waals surface area contributed by atoms with Gasteiger partial charge in [-0.1, -0.05) is 6.07 Å². The van der Waals surface area contributed by atoms with Gasteiger partial charge in [0, 0.05) is 23.3 Å². The smallest absolute Gasteiger partial charge is 0.271 e. The summed E-state index contributed by atoms with van der Waals surface area (Å²) in [4.78, 5) is 24.1. The topological polar surface area (TPSA) is 108 Å². The van der Waals surface area contributed by atoms with E-state index in [-0.39, 0.29) is 11.3 Å². The monoisotopic (exact) mass is 413 g/mol. The zero-order valence-corrected chi connectivity index (χ0v) is 17.0. The molecule has 0 aliphatic carbocycles. The molecule has 0 atom stereocenters. The minimum absolute atomic E-state index is 0.145. The number of methoxy groups -OCH3 is 1. The second-order valence-electron chi connectivity index (χ2n) is 7.01. The van der Waals surface area contributed by atoms with E-state index in [9.17, 15) is 14.9 Å². The van der Waals surface area contributed by atoms with Gasteiger partial charge in [-0.2, -0.15) is 5.10 Å². The van der Waals surface area contributed by atoms with Crippen molar-refractivity contribution in [3.05, 3.63) is 69.3 Å². The SMILES string of the molecule is COc1ccc(/C(C)=N\NC(=O)c2cccc([N+](=O)[O-])c2)cc1C[NH+]1CCOCC1. The average Bonchev–Trinajstić information content (AvgIpc) is 2.78. The molecule has 0 bridgehead atoms. The maximum absolute atomic E-state index is 12.3. The molecule has 9 heteroatoms. The summed E-state index contributed by atoms with van der Waals surface area (Å²) in [6.45, 7) is 6.00. The van der Waals surface area contributed by atoms with E-state index >= 15 is 0 Å². The number of hydrogen-bond acceptors (Lipinski definition) is 6. The van der Waals surface area contributed by atoms with Gasteiger partial charge < -0.3 is 14.4 Å². The van der Waals surface area contributed by atoms with Gasteiger partial charge in [0.1, 0.15) is 25.4 Å². The molecule has 1 aliphatic heterocycles. The van der Waals surface area contributed by atoms with Crippen LogP contribution in [0.15, 0.2) is 47.6 Å². The Balaban J connectivity index is 1.73. The van der Waals surface area contributed by atoms with Gasteiger partial charge in [-0.15, -0.1) is 0 Å². The van der Waals surface area contributed by atoms with Crippen LogP contribution in [0.1, 0.15) is 28.4 Å². The standard InChI is InChI=1S/C21H24N4O5/c1-15(22-23-21(26)17-4-3-5-19(13-17)25(27)28)16-6-7-20(29-2)18(12-16)14-24-8-10-30-11-9-24/h3-7,12-13H,8-11,14H2,1-2H3,(H,23,26)/p+1/b22-15-. The second-order valence-corrected chi connectivity index (χ2v) is 7.01. The van der Waals surface area contributed by atoms with Gasteiger partial charge in [0.05, 0.1) is 31.0 Å². The summed E-state index contributed by atoms with van der Waals surface area (Å²) in [5, 5.41) is 15.0. The molecule has 1 aliphatic rings. The number of nitrogens with zero attached hydrogens (tertiary/aromatic N) is 2. The van der Waals surface area contributed by atoms with Crippen LogP contribution in [-0.2, 0) is 11.3 Å². The van der Waals surface area contributed by atoms with Crippen molar-refractivity contribution in [3.63, 3.8) is 0 Å². The Morgan fingerprint density at radius 3 is 2.70 bits per heavy atom. The van der Waals surface area contributed by atoms with Crippen molar-refractivity contribution in [3.8, 4) is 5.75 Å². The zero-order valence-electron chi connectivity index (χ0n) is 17.0. The van der Waals surface area contributed by atoms with E-state index in [4.69, 9.17) is 9.47 Å². The third-order valence-corrected chi connectivity index (χ3v) is 4.98. The molecule has 9 nitrogen and oxygen atoms in total. The summed E-state index contributed by atoms with van der Waals surface area (Å²) >= 11 is 0. The molecule has 30 heavy (non-hydrogen) atoms. The fraction of sp³-hybridized carbons (Fsp3) is 0.333. The molecule has 2 aromatic rings. The lowest BCUT2D eigenvalue weighted by molar-refractivity contribution is -0.921. The Kier molecular flexibility index (Phi) is 7.10. The summed E-state index contributed by atoms with van der Waals surface area (Å²) in [5.41, 5.74) is 5.04. The Morgan fingerprint density at radius 2 is 2.00 bits per heavy atom. The van der Waals surface area contributed by atoms with Gasteiger partial charge in [0.2, 0.25) is 0 Å². The lowest BCUT2D eigenvalue weighted by Gasteiger charge is -2.24. The van der Waals surface area contributed by atoms with Crippen molar-refractivity contribution in [1.29, 1.82) is 0 Å². The van der Waals surface area contributed by atoms with Gasteiger partial charge in [0.25, 0.3) is 11.6 Å². The predicted octanol–water partition coefficient (Wildman–Crippen LogP) is 1.17. The normalized spacial score (nSPS) is 14.9. The molecule has 0 unspecified atom stereocenters. The highest BCUT2D eigenvalue weighted by molar-refractivity contribution is 6.01. The van der Waals surface area contributed by atoms with E-state index < -0.39 is 10.8 Å². The van der Waals surface area contributed by atoms with E-state index in [1.165, 1.54) is 29.2 Å². The Labute approximate surface area is 174 Å². The lowest BCUT2D eigenvalue weighted by atomic mass is 10.1. The number of ether oxygens (including phenoxy) is 2. The number of carbonyl (C=O) groups is 1. The molecule has 1 amide bonds. The van der Waals surface area contributed by atoms with Crippen molar-refractivity contribution >= 4 is 17.3 Å². The maximum Gasteiger partial charge on any atom is 0.271 e. The van der Waals surface area contributed by atoms with Crippen LogP contribution in [0, 0.1) is 10.1 Å². The highest BCUT2D eigenvalue weighted by atomic mass is 16.6. The maximum atomic E-state index is 12.3. The number of carbonyl (C=O) groups excluding carboxylic acids is 1. The number of benzene rings is 2. The van der Waals surface area contributed by atoms with Crippen LogP contribution in [-0.4, -0.2) is 50.0 Å². The minimum Gasteiger partial charge on any atom is -0.496 e. The van der Waals surface area contributed by atoms with Crippen LogP contribution in [0.5, 0.6) is 5.75 Å². The molecular weight excluding hydrogens is 388 g/mol. The van der Waals surface area contributed by atoms with Gasteiger partial charge in [-0.05, 0) is 36.8 Å². The predicted molar refractivity (Wildman–Crippen MR) is 111 cm³/mol. The number of morpholine rings is 1. The number of nitrogens with one attached hydrogen (secondary N) is 2. The highest BCUT2D eigenvalue weighted by Crippen LogP contribution is 2.20. The number of hydrogen-bond donors (Lipinski definition) is 2. The first kappa shape index (κ1) is 21.4. The Bertz CT molecular complexity index is 954. The number of amides is 1. The second kappa shape index (κ2) is 9.95. The summed E-state index contributed by atoms with van der Waals surface area (Å²) < 4.78 is 10.9. The fourth-order valence-corrected chi connectivity index (χ4v) is 3.27. The Morgan fingerprint density at radius 1 is 1.23 bits per heavy atom. The largest absolute Gasteiger partial charge is 0.496 e. The third kappa shape index (κ3) is 5.40. The molecule has 2 aromatic carbocycles. The molecule has 158 valence electrons. The molecule has 0 radical (unpaired) electrons. The first-order valence-electron chi connectivity index (χ1n) is 9.65. The molecular formula is C21H25N4O5+. The molecule has 0 saturated carbocycles. The fourth-order valence-electron chi connectivity index (χ4n) is 3.27. The third-order valence-electron chi connectivity index (χ3n) is 4.98. The van der Waals surface area contributed by atoms with Crippen molar-refractivity contribution in [1.82, 2.24) is 5.43 Å². The van der Waals surface area contributed by atoms with E-state index in [0.717, 1.165) is 49.7 Å². The van der Waals surface area contributed by atoms with Gasteiger partial charge in [0.15, 0.2) is 0 Å². The van der Waals surface area contributed by atoms with Crippen molar-refractivity contribution in [2.24, 2.45) is 5.10 Å². The lowest BCUT2D eigenvalue weighted by Crippen LogP contribution is -3.12. The number of non-ortho nitro benzene ring substituents is 1. The van der Waals surface area contributed by atoms with Crippen LogP contribution < -0.4 is 15.1 Å². The number of rotatable bonds is 7. The first-order valence-corrected chi connectivity index (χ1v) is 9.65. The molecule has 1 saturated heterocycles. The van der Waals surface area contributed by atoms with E-state index in [1.54, 1.807) is 14.0 Å². The molecule has 2 N–H and O–H groups in total. The van der Waals surface area contributed by atoms with Crippen LogP contribution in [0.2, 0.25) is 0 Å². The van der Waals surface area contributed by atoms with Crippen molar-refractivity contribution in [2.75, 3.05) is 33.4 Å². The minimum atomic E-state index is -0.541. The molecule has 0 spiro atoms. The Hall–Kier alpha value is -3.30. The highest BCUT2D eigenvalue weighted by Gasteiger charge is 2.17. The number of nitro groups is 1. The zero-order chi connectivity index (χ0) is 21.5. The van der Waals surface area contributed by atoms with Crippen molar-refractivity contribution in [2.45, 2.75) is 13.5 Å². The van der Waals surface area contributed by atoms with Gasteiger partial charge in [-0.25, -0.2) is 5.43 Å². The van der Waals surface area contributed by atoms with Crippen LogP contribution in [0.3, 0.4) is 0 Å². The molecule has 3 rings (SSSR count). The quantitative estimate of drug-likeness (QED) is 0.403. The van der Waals surface area contributed by atoms with Crippen LogP contribution in [0.4, 0.5) is 5.69 Å². The van der Waals surface area contributed by atoms with Crippen molar-refractivity contribution < 1.29 is 24.1 Å². The summed E-state index contributed by atoms with van der Waals surface area (Å²) in [7, 11) is 1.65. The first-order chi connectivity index (χ1) is 14.5. The van der Waals surface area contributed by atoms with E-state index in [2.05, 4.69) is 10.5 Å². The summed E-state index contributed by atoms with van der Waals surface area (Å²) in [6.07, 6.45) is 0. The van der Waals surface area contributed by atoms with Gasteiger partial charge in [-0.3, -0.25) is 14.9 Å². The molecule has 1 fully saturated rings. The van der Waals surface area contributed by atoms with E-state index in [0.29, 0.717) is 5.71 Å². The molecule has 1 heterocycles. The summed E-state index contributed by atoms with van der Waals surface area (Å²) in [6, 6.07) is 11.3. The molecule has 0 aromatic heterocycles. The van der Waals surface area contributed by atoms with Gasteiger partial charge >= 0.3 is 0 Å². The number of quaternary nitrogens is 1.